The van der Waals surface area contributed by atoms with Crippen molar-refractivity contribution in [2.45, 2.75) is 30.4 Å². The van der Waals surface area contributed by atoms with Gasteiger partial charge in [-0.15, -0.1) is 11.8 Å². The van der Waals surface area contributed by atoms with Gasteiger partial charge in [-0.1, -0.05) is 18.2 Å². The van der Waals surface area contributed by atoms with E-state index in [0.717, 1.165) is 12.2 Å². The number of carbonyl (C=O) groups excluding carboxylic acids is 1. The first-order chi connectivity index (χ1) is 8.22. The molecule has 1 amide bonds. The standard InChI is InChI=1S/C13H17NO2S/c1-9(16-2)13(15)14-11-7-8-17-12-6-4-3-5-10(11)12/h3-6,9,11H,7-8H2,1-2H3,(H,14,15). The van der Waals surface area contributed by atoms with Crippen molar-refractivity contribution in [1.29, 1.82) is 0 Å². The fourth-order valence-electron chi connectivity index (χ4n) is 1.89. The first-order valence-electron chi connectivity index (χ1n) is 5.77. The molecule has 3 nitrogen and oxygen atoms in total. The zero-order valence-electron chi connectivity index (χ0n) is 10.1. The van der Waals surface area contributed by atoms with Crippen LogP contribution in [0.4, 0.5) is 0 Å². The fraction of sp³-hybridized carbons (Fsp3) is 0.462. The molecule has 2 rings (SSSR count). The highest BCUT2D eigenvalue weighted by molar-refractivity contribution is 7.99. The SMILES string of the molecule is COC(C)C(=O)NC1CCSc2ccccc21. The highest BCUT2D eigenvalue weighted by Gasteiger charge is 2.23. The molecule has 4 heteroatoms. The Labute approximate surface area is 106 Å². The van der Waals surface area contributed by atoms with Gasteiger partial charge in [-0.3, -0.25) is 4.79 Å². The number of rotatable bonds is 3. The molecule has 0 aliphatic carbocycles. The van der Waals surface area contributed by atoms with Crippen molar-refractivity contribution in [1.82, 2.24) is 5.32 Å². The van der Waals surface area contributed by atoms with Gasteiger partial charge in [0.25, 0.3) is 0 Å². The third-order valence-electron chi connectivity index (χ3n) is 3.00. The molecule has 2 unspecified atom stereocenters. The van der Waals surface area contributed by atoms with Crippen LogP contribution in [0.2, 0.25) is 0 Å². The molecule has 1 heterocycles. The van der Waals surface area contributed by atoms with E-state index in [2.05, 4.69) is 17.4 Å². The van der Waals surface area contributed by atoms with E-state index in [1.165, 1.54) is 10.5 Å². The molecule has 0 aromatic heterocycles. The molecule has 1 N–H and O–H groups in total. The molecular weight excluding hydrogens is 234 g/mol. The summed E-state index contributed by atoms with van der Waals surface area (Å²) in [5.74, 6) is 1.00. The van der Waals surface area contributed by atoms with Crippen molar-refractivity contribution in [3.63, 3.8) is 0 Å². The minimum atomic E-state index is -0.392. The van der Waals surface area contributed by atoms with Crippen molar-refractivity contribution in [3.05, 3.63) is 29.8 Å². The van der Waals surface area contributed by atoms with Crippen LogP contribution in [-0.2, 0) is 9.53 Å². The summed E-state index contributed by atoms with van der Waals surface area (Å²) in [6.45, 7) is 1.76. The summed E-state index contributed by atoms with van der Waals surface area (Å²) >= 11 is 1.85. The quantitative estimate of drug-likeness (QED) is 0.896. The van der Waals surface area contributed by atoms with Crippen molar-refractivity contribution < 1.29 is 9.53 Å². The molecule has 0 radical (unpaired) electrons. The average Bonchev–Trinajstić information content (AvgIpc) is 2.38. The van der Waals surface area contributed by atoms with Crippen LogP contribution >= 0.6 is 11.8 Å². The number of benzene rings is 1. The molecule has 2 atom stereocenters. The molecule has 1 aliphatic rings. The number of amides is 1. The van der Waals surface area contributed by atoms with Gasteiger partial charge in [0.2, 0.25) is 5.91 Å². The van der Waals surface area contributed by atoms with Crippen molar-refractivity contribution in [2.24, 2.45) is 0 Å². The first kappa shape index (κ1) is 12.5. The van der Waals surface area contributed by atoms with Crippen LogP contribution in [0.25, 0.3) is 0 Å². The van der Waals surface area contributed by atoms with Crippen molar-refractivity contribution in [2.75, 3.05) is 12.9 Å². The van der Waals surface area contributed by atoms with Crippen molar-refractivity contribution in [3.8, 4) is 0 Å². The Morgan fingerprint density at radius 3 is 3.06 bits per heavy atom. The molecular formula is C13H17NO2S. The summed E-state index contributed by atoms with van der Waals surface area (Å²) in [4.78, 5) is 13.1. The largest absolute Gasteiger partial charge is 0.372 e. The maximum absolute atomic E-state index is 11.8. The van der Waals surface area contributed by atoms with Gasteiger partial charge in [0.05, 0.1) is 6.04 Å². The zero-order chi connectivity index (χ0) is 12.3. The second-order valence-corrected chi connectivity index (χ2v) is 5.25. The number of methoxy groups -OCH3 is 1. The van der Waals surface area contributed by atoms with Crippen LogP contribution < -0.4 is 5.32 Å². The number of ether oxygens (including phenoxy) is 1. The summed E-state index contributed by atoms with van der Waals surface area (Å²) in [5.41, 5.74) is 1.22. The minimum absolute atomic E-state index is 0.0424. The molecule has 0 spiro atoms. The smallest absolute Gasteiger partial charge is 0.249 e. The summed E-state index contributed by atoms with van der Waals surface area (Å²) in [5, 5.41) is 3.05. The van der Waals surface area contributed by atoms with E-state index in [0.29, 0.717) is 0 Å². The van der Waals surface area contributed by atoms with E-state index < -0.39 is 6.10 Å². The molecule has 17 heavy (non-hydrogen) atoms. The van der Waals surface area contributed by atoms with Crippen LogP contribution in [0.15, 0.2) is 29.2 Å². The van der Waals surface area contributed by atoms with Gasteiger partial charge < -0.3 is 10.1 Å². The van der Waals surface area contributed by atoms with E-state index in [4.69, 9.17) is 4.74 Å². The van der Waals surface area contributed by atoms with Crippen molar-refractivity contribution >= 4 is 17.7 Å². The maximum atomic E-state index is 11.8. The maximum Gasteiger partial charge on any atom is 0.249 e. The molecule has 1 aromatic rings. The van der Waals surface area contributed by atoms with E-state index in [1.54, 1.807) is 14.0 Å². The second kappa shape index (κ2) is 5.56. The lowest BCUT2D eigenvalue weighted by atomic mass is 10.0. The third kappa shape index (κ3) is 2.82. The van der Waals surface area contributed by atoms with Gasteiger partial charge in [-0.25, -0.2) is 0 Å². The minimum Gasteiger partial charge on any atom is -0.372 e. The normalized spacial score (nSPS) is 20.5. The number of fused-ring (bicyclic) bond motifs is 1. The Kier molecular flexibility index (Phi) is 4.07. The predicted octanol–water partition coefficient (Wildman–Crippen LogP) is 2.37. The highest BCUT2D eigenvalue weighted by atomic mass is 32.2. The van der Waals surface area contributed by atoms with Gasteiger partial charge in [0, 0.05) is 17.8 Å². The predicted molar refractivity (Wildman–Crippen MR) is 69.1 cm³/mol. The van der Waals surface area contributed by atoms with Gasteiger partial charge in [-0.2, -0.15) is 0 Å². The lowest BCUT2D eigenvalue weighted by molar-refractivity contribution is -0.130. The van der Waals surface area contributed by atoms with Gasteiger partial charge in [0.15, 0.2) is 0 Å². The van der Waals surface area contributed by atoms with E-state index >= 15 is 0 Å². The molecule has 92 valence electrons. The van der Waals surface area contributed by atoms with Crippen LogP contribution in [-0.4, -0.2) is 24.9 Å². The first-order valence-corrected chi connectivity index (χ1v) is 6.76. The Morgan fingerprint density at radius 1 is 1.53 bits per heavy atom. The Morgan fingerprint density at radius 2 is 2.29 bits per heavy atom. The monoisotopic (exact) mass is 251 g/mol. The number of hydrogen-bond donors (Lipinski definition) is 1. The number of carbonyl (C=O) groups is 1. The molecule has 0 saturated carbocycles. The number of hydrogen-bond acceptors (Lipinski definition) is 3. The summed E-state index contributed by atoms with van der Waals surface area (Å²) in [7, 11) is 1.55. The average molecular weight is 251 g/mol. The molecule has 0 bridgehead atoms. The highest BCUT2D eigenvalue weighted by Crippen LogP contribution is 2.35. The van der Waals surface area contributed by atoms with E-state index in [1.807, 2.05) is 23.9 Å². The Balaban J connectivity index is 2.11. The molecule has 1 aromatic carbocycles. The van der Waals surface area contributed by atoms with E-state index in [-0.39, 0.29) is 11.9 Å². The topological polar surface area (TPSA) is 38.3 Å². The Bertz CT molecular complexity index is 408. The zero-order valence-corrected chi connectivity index (χ0v) is 10.9. The van der Waals surface area contributed by atoms with Crippen LogP contribution in [0.3, 0.4) is 0 Å². The molecule has 0 fully saturated rings. The number of thioether (sulfide) groups is 1. The van der Waals surface area contributed by atoms with Gasteiger partial charge in [-0.05, 0) is 25.0 Å². The van der Waals surface area contributed by atoms with Gasteiger partial charge >= 0.3 is 0 Å². The summed E-state index contributed by atoms with van der Waals surface area (Å²) in [6.07, 6.45) is 0.584. The van der Waals surface area contributed by atoms with Crippen LogP contribution in [0.5, 0.6) is 0 Å². The van der Waals surface area contributed by atoms with Gasteiger partial charge in [0.1, 0.15) is 6.10 Å². The van der Waals surface area contributed by atoms with Crippen LogP contribution in [0.1, 0.15) is 24.9 Å². The second-order valence-electron chi connectivity index (χ2n) is 4.11. The lowest BCUT2D eigenvalue weighted by Gasteiger charge is -2.26. The third-order valence-corrected chi connectivity index (χ3v) is 4.12. The summed E-state index contributed by atoms with van der Waals surface area (Å²) in [6, 6.07) is 8.37. The summed E-state index contributed by atoms with van der Waals surface area (Å²) < 4.78 is 5.02. The molecule has 1 aliphatic heterocycles. The van der Waals surface area contributed by atoms with E-state index in [9.17, 15) is 4.79 Å². The van der Waals surface area contributed by atoms with Crippen LogP contribution in [0, 0.1) is 0 Å². The molecule has 0 saturated heterocycles. The fourth-order valence-corrected chi connectivity index (χ4v) is 3.01. The Hall–Kier alpha value is -1.00. The lowest BCUT2D eigenvalue weighted by Crippen LogP contribution is -2.37. The number of nitrogens with one attached hydrogen (secondary N) is 1.